The van der Waals surface area contributed by atoms with Gasteiger partial charge >= 0.3 is 0 Å². The Hall–Kier alpha value is -1.27. The van der Waals surface area contributed by atoms with Gasteiger partial charge in [-0.05, 0) is 37.3 Å². The molecule has 110 valence electrons. The second kappa shape index (κ2) is 6.01. The number of amides is 1. The summed E-state index contributed by atoms with van der Waals surface area (Å²) in [5.74, 6) is 0.262. The Kier molecular flexibility index (Phi) is 4.55. The van der Waals surface area contributed by atoms with E-state index in [0.29, 0.717) is 25.3 Å². The van der Waals surface area contributed by atoms with Crippen LogP contribution in [0.25, 0.3) is 0 Å². The first kappa shape index (κ1) is 15.1. The summed E-state index contributed by atoms with van der Waals surface area (Å²) in [6.07, 6.45) is 1.98. The zero-order valence-corrected chi connectivity index (χ0v) is 12.8. The molecule has 1 fully saturated rings. The molecule has 0 unspecified atom stereocenters. The van der Waals surface area contributed by atoms with Gasteiger partial charge in [-0.25, -0.2) is 0 Å². The van der Waals surface area contributed by atoms with E-state index in [1.54, 1.807) is 0 Å². The molecule has 1 aromatic rings. The number of oxime groups is 1. The minimum absolute atomic E-state index is 0.00673. The summed E-state index contributed by atoms with van der Waals surface area (Å²) in [5, 5.41) is 14.7. The van der Waals surface area contributed by atoms with Gasteiger partial charge < -0.3 is 16.3 Å². The van der Waals surface area contributed by atoms with Gasteiger partial charge in [-0.2, -0.15) is 0 Å². The minimum Gasteiger partial charge on any atom is -0.409 e. The molecular formula is C13H18ClN3O2S. The molecule has 1 saturated carbocycles. The summed E-state index contributed by atoms with van der Waals surface area (Å²) in [6, 6.07) is 3.79. The first-order valence-corrected chi connectivity index (χ1v) is 7.68. The highest BCUT2D eigenvalue weighted by molar-refractivity contribution is 7.16. The zero-order valence-electron chi connectivity index (χ0n) is 11.2. The predicted octanol–water partition coefficient (Wildman–Crippen LogP) is 2.22. The van der Waals surface area contributed by atoms with Crippen LogP contribution in [0.5, 0.6) is 0 Å². The highest BCUT2D eigenvalue weighted by Gasteiger charge is 2.51. The molecule has 0 atom stereocenters. The van der Waals surface area contributed by atoms with Gasteiger partial charge in [-0.15, -0.1) is 11.3 Å². The number of nitrogens with two attached hydrogens (primary N) is 1. The van der Waals surface area contributed by atoms with Crippen LogP contribution < -0.4 is 11.1 Å². The molecule has 1 aromatic heterocycles. The van der Waals surface area contributed by atoms with Crippen LogP contribution in [-0.2, 0) is 11.2 Å². The maximum Gasteiger partial charge on any atom is 0.233 e. The Bertz CT molecular complexity index is 523. The van der Waals surface area contributed by atoms with Crippen LogP contribution in [0.1, 0.15) is 24.6 Å². The lowest BCUT2D eigenvalue weighted by Gasteiger charge is -2.43. The highest BCUT2D eigenvalue weighted by Crippen LogP contribution is 2.45. The van der Waals surface area contributed by atoms with E-state index in [0.717, 1.165) is 15.6 Å². The van der Waals surface area contributed by atoms with E-state index in [9.17, 15) is 4.79 Å². The quantitative estimate of drug-likeness (QED) is 0.337. The lowest BCUT2D eigenvalue weighted by atomic mass is 9.61. The molecule has 20 heavy (non-hydrogen) atoms. The molecule has 0 saturated heterocycles. The average Bonchev–Trinajstić information content (AvgIpc) is 2.79. The number of nitrogens with one attached hydrogen (secondary N) is 1. The van der Waals surface area contributed by atoms with Gasteiger partial charge in [-0.1, -0.05) is 23.7 Å². The number of thiophene rings is 1. The molecule has 5 nitrogen and oxygen atoms in total. The number of amidine groups is 1. The van der Waals surface area contributed by atoms with E-state index in [1.165, 1.54) is 11.3 Å². The van der Waals surface area contributed by atoms with Crippen LogP contribution in [0.2, 0.25) is 4.34 Å². The molecule has 1 amide bonds. The largest absolute Gasteiger partial charge is 0.409 e. The summed E-state index contributed by atoms with van der Waals surface area (Å²) in [7, 11) is 0. The average molecular weight is 316 g/mol. The SMILES string of the molecule is CC1CC(C(=O)NCCc2ccc(Cl)s2)(/C(N)=N/O)C1. The molecule has 0 bridgehead atoms. The molecule has 0 spiro atoms. The van der Waals surface area contributed by atoms with Gasteiger partial charge in [0.25, 0.3) is 0 Å². The molecule has 1 aliphatic rings. The van der Waals surface area contributed by atoms with Crippen molar-refractivity contribution >= 4 is 34.7 Å². The predicted molar refractivity (Wildman–Crippen MR) is 80.3 cm³/mol. The number of halogens is 1. The topological polar surface area (TPSA) is 87.7 Å². The van der Waals surface area contributed by atoms with E-state index in [1.807, 2.05) is 19.1 Å². The van der Waals surface area contributed by atoms with Crippen molar-refractivity contribution in [1.82, 2.24) is 5.32 Å². The minimum atomic E-state index is -0.832. The summed E-state index contributed by atoms with van der Waals surface area (Å²) in [5.41, 5.74) is 4.85. The van der Waals surface area contributed by atoms with Crippen molar-refractivity contribution in [3.63, 3.8) is 0 Å². The molecular weight excluding hydrogens is 298 g/mol. The number of rotatable bonds is 5. The van der Waals surface area contributed by atoms with Gasteiger partial charge in [0.1, 0.15) is 5.41 Å². The Balaban J connectivity index is 1.90. The number of carbonyl (C=O) groups is 1. The van der Waals surface area contributed by atoms with Gasteiger partial charge in [0.05, 0.1) is 4.34 Å². The highest BCUT2D eigenvalue weighted by atomic mass is 35.5. The Morgan fingerprint density at radius 3 is 2.85 bits per heavy atom. The summed E-state index contributed by atoms with van der Waals surface area (Å²) in [6.45, 7) is 2.56. The molecule has 1 aliphatic carbocycles. The molecule has 4 N–H and O–H groups in total. The fourth-order valence-electron chi connectivity index (χ4n) is 2.69. The van der Waals surface area contributed by atoms with Gasteiger partial charge in [-0.3, -0.25) is 4.79 Å². The third kappa shape index (κ3) is 2.91. The lowest BCUT2D eigenvalue weighted by molar-refractivity contribution is -0.133. The Morgan fingerprint density at radius 2 is 2.35 bits per heavy atom. The molecule has 7 heteroatoms. The molecule has 0 radical (unpaired) electrons. The molecule has 0 aromatic carbocycles. The van der Waals surface area contributed by atoms with Crippen molar-refractivity contribution in [1.29, 1.82) is 0 Å². The van der Waals surface area contributed by atoms with Crippen LogP contribution in [0.15, 0.2) is 17.3 Å². The van der Waals surface area contributed by atoms with E-state index in [-0.39, 0.29) is 11.7 Å². The van der Waals surface area contributed by atoms with Crippen LogP contribution >= 0.6 is 22.9 Å². The number of nitrogens with zero attached hydrogens (tertiary/aromatic N) is 1. The van der Waals surface area contributed by atoms with Crippen molar-refractivity contribution in [2.45, 2.75) is 26.2 Å². The van der Waals surface area contributed by atoms with Crippen LogP contribution in [0.4, 0.5) is 0 Å². The van der Waals surface area contributed by atoms with Gasteiger partial charge in [0, 0.05) is 11.4 Å². The molecule has 1 heterocycles. The number of hydrogen-bond acceptors (Lipinski definition) is 4. The fraction of sp³-hybridized carbons (Fsp3) is 0.538. The fourth-order valence-corrected chi connectivity index (χ4v) is 3.78. The Morgan fingerprint density at radius 1 is 1.65 bits per heavy atom. The maximum atomic E-state index is 12.3. The van der Waals surface area contributed by atoms with Crippen molar-refractivity contribution < 1.29 is 10.0 Å². The molecule has 2 rings (SSSR count). The summed E-state index contributed by atoms with van der Waals surface area (Å²) >= 11 is 7.36. The maximum absolute atomic E-state index is 12.3. The Labute approximate surface area is 126 Å². The van der Waals surface area contributed by atoms with Crippen molar-refractivity contribution in [3.8, 4) is 0 Å². The van der Waals surface area contributed by atoms with Crippen molar-refractivity contribution in [2.75, 3.05) is 6.54 Å². The van der Waals surface area contributed by atoms with E-state index in [4.69, 9.17) is 22.5 Å². The number of carbonyl (C=O) groups excluding carboxylic acids is 1. The monoisotopic (exact) mass is 315 g/mol. The van der Waals surface area contributed by atoms with Crippen LogP contribution in [-0.4, -0.2) is 23.5 Å². The van der Waals surface area contributed by atoms with E-state index in [2.05, 4.69) is 10.5 Å². The summed E-state index contributed by atoms with van der Waals surface area (Å²) in [4.78, 5) is 13.4. The lowest BCUT2D eigenvalue weighted by Crippen LogP contribution is -2.57. The zero-order chi connectivity index (χ0) is 14.8. The van der Waals surface area contributed by atoms with Gasteiger partial charge in [0.15, 0.2) is 5.84 Å². The normalized spacial score (nSPS) is 26.1. The second-order valence-electron chi connectivity index (χ2n) is 5.29. The standard InChI is InChI=1S/C13H18ClN3O2S/c1-8-6-13(7-8,11(15)17-19)12(18)16-5-4-9-2-3-10(14)20-9/h2-3,8,19H,4-7H2,1H3,(H2,15,17)(H,16,18). The van der Waals surface area contributed by atoms with Crippen LogP contribution in [0, 0.1) is 11.3 Å². The van der Waals surface area contributed by atoms with E-state index < -0.39 is 5.41 Å². The van der Waals surface area contributed by atoms with Crippen molar-refractivity contribution in [3.05, 3.63) is 21.3 Å². The third-order valence-electron chi connectivity index (χ3n) is 3.71. The second-order valence-corrected chi connectivity index (χ2v) is 7.09. The smallest absolute Gasteiger partial charge is 0.233 e. The first-order chi connectivity index (χ1) is 9.48. The van der Waals surface area contributed by atoms with Crippen LogP contribution in [0.3, 0.4) is 0 Å². The third-order valence-corrected chi connectivity index (χ3v) is 5.00. The van der Waals surface area contributed by atoms with Crippen molar-refractivity contribution in [2.24, 2.45) is 22.2 Å². The molecule has 0 aliphatic heterocycles. The van der Waals surface area contributed by atoms with E-state index >= 15 is 0 Å². The summed E-state index contributed by atoms with van der Waals surface area (Å²) < 4.78 is 0.743. The number of hydrogen-bond donors (Lipinski definition) is 3. The van der Waals surface area contributed by atoms with Gasteiger partial charge in [0.2, 0.25) is 5.91 Å². The first-order valence-electron chi connectivity index (χ1n) is 6.48.